The molecule has 0 bridgehead atoms. The molecule has 0 fully saturated rings. The average molecular weight is 287 g/mol. The maximum atomic E-state index is 6.15. The fourth-order valence-electron chi connectivity index (χ4n) is 1.40. The molecule has 5 heteroatoms. The summed E-state index contributed by atoms with van der Waals surface area (Å²) < 4.78 is 0. The van der Waals surface area contributed by atoms with Crippen LogP contribution in [0.1, 0.15) is 13.3 Å². The van der Waals surface area contributed by atoms with Crippen LogP contribution < -0.4 is 5.32 Å². The molecule has 0 atom stereocenters. The second-order valence-electron chi connectivity index (χ2n) is 3.58. The first-order valence-corrected chi connectivity index (χ1v) is 6.93. The molecule has 0 aliphatic heterocycles. The molecule has 2 nitrogen and oxygen atoms in total. The summed E-state index contributed by atoms with van der Waals surface area (Å²) in [7, 11) is 0. The number of nitrogens with zero attached hydrogens (tertiary/aromatic N) is 1. The minimum atomic E-state index is 0.646. The smallest absolute Gasteiger partial charge is 0.183 e. The summed E-state index contributed by atoms with van der Waals surface area (Å²) in [5, 5.41) is 5.48. The van der Waals surface area contributed by atoms with Crippen molar-refractivity contribution in [2.75, 3.05) is 11.9 Å². The molecule has 17 heavy (non-hydrogen) atoms. The summed E-state index contributed by atoms with van der Waals surface area (Å²) in [6, 6.07) is 5.50. The minimum absolute atomic E-state index is 0.646. The van der Waals surface area contributed by atoms with Crippen molar-refractivity contribution < 1.29 is 0 Å². The molecule has 0 aliphatic rings. The Morgan fingerprint density at radius 2 is 2.18 bits per heavy atom. The van der Waals surface area contributed by atoms with E-state index in [9.17, 15) is 0 Å². The van der Waals surface area contributed by atoms with Crippen LogP contribution in [-0.2, 0) is 0 Å². The molecular weight excluding hydrogens is 275 g/mol. The Labute approximate surface area is 115 Å². The molecule has 0 aliphatic carbocycles. The largest absolute Gasteiger partial charge is 0.362 e. The lowest BCUT2D eigenvalue weighted by atomic mass is 10.2. The molecule has 2 rings (SSSR count). The van der Waals surface area contributed by atoms with Crippen LogP contribution in [-0.4, -0.2) is 11.5 Å². The standard InChI is InChI=1S/C12H12Cl2N2S/c1-2-5-15-12-16-7-11(17-12)9-4-3-8(13)6-10(9)14/h3-4,6-7H,2,5H2,1H3,(H,15,16). The first-order chi connectivity index (χ1) is 8.20. The Kier molecular flexibility index (Phi) is 4.26. The Morgan fingerprint density at radius 1 is 1.35 bits per heavy atom. The van der Waals surface area contributed by atoms with Gasteiger partial charge >= 0.3 is 0 Å². The zero-order valence-electron chi connectivity index (χ0n) is 9.34. The average Bonchev–Trinajstić information content (AvgIpc) is 2.75. The summed E-state index contributed by atoms with van der Waals surface area (Å²) in [5.74, 6) is 0. The van der Waals surface area contributed by atoms with Crippen molar-refractivity contribution in [2.24, 2.45) is 0 Å². The topological polar surface area (TPSA) is 24.9 Å². The number of nitrogens with one attached hydrogen (secondary N) is 1. The van der Waals surface area contributed by atoms with E-state index in [2.05, 4.69) is 17.2 Å². The molecule has 0 spiro atoms. The van der Waals surface area contributed by atoms with Gasteiger partial charge in [0.25, 0.3) is 0 Å². The van der Waals surface area contributed by atoms with Crippen molar-refractivity contribution in [3.63, 3.8) is 0 Å². The minimum Gasteiger partial charge on any atom is -0.362 e. The molecule has 90 valence electrons. The third-order valence-electron chi connectivity index (χ3n) is 2.23. The van der Waals surface area contributed by atoms with Crippen molar-refractivity contribution in [3.8, 4) is 10.4 Å². The first-order valence-electron chi connectivity index (χ1n) is 5.36. The molecule has 0 unspecified atom stereocenters. The Morgan fingerprint density at radius 3 is 2.88 bits per heavy atom. The zero-order valence-corrected chi connectivity index (χ0v) is 11.7. The van der Waals surface area contributed by atoms with Crippen molar-refractivity contribution in [1.29, 1.82) is 0 Å². The highest BCUT2D eigenvalue weighted by Crippen LogP contribution is 2.35. The summed E-state index contributed by atoms with van der Waals surface area (Å²) in [4.78, 5) is 5.36. The van der Waals surface area contributed by atoms with Gasteiger partial charge in [-0.15, -0.1) is 0 Å². The first kappa shape index (κ1) is 12.7. The maximum Gasteiger partial charge on any atom is 0.183 e. The Hall–Kier alpha value is -0.770. The van der Waals surface area contributed by atoms with Gasteiger partial charge in [0, 0.05) is 23.3 Å². The SMILES string of the molecule is CCCNc1ncc(-c2ccc(Cl)cc2Cl)s1. The lowest BCUT2D eigenvalue weighted by molar-refractivity contribution is 0.976. The number of halogens is 2. The van der Waals surface area contributed by atoms with Gasteiger partial charge in [-0.2, -0.15) is 0 Å². The van der Waals surface area contributed by atoms with Crippen LogP contribution in [0.4, 0.5) is 5.13 Å². The van der Waals surface area contributed by atoms with E-state index in [0.29, 0.717) is 10.0 Å². The molecule has 1 heterocycles. The van der Waals surface area contributed by atoms with Crippen LogP contribution in [0.3, 0.4) is 0 Å². The predicted octanol–water partition coefficient (Wildman–Crippen LogP) is 4.94. The van der Waals surface area contributed by atoms with E-state index < -0.39 is 0 Å². The molecular formula is C12H12Cl2N2S. The number of thiazole rings is 1. The van der Waals surface area contributed by atoms with Gasteiger partial charge < -0.3 is 5.32 Å². The van der Waals surface area contributed by atoms with Crippen LogP contribution in [0.5, 0.6) is 0 Å². The van der Waals surface area contributed by atoms with E-state index in [4.69, 9.17) is 23.2 Å². The lowest BCUT2D eigenvalue weighted by Crippen LogP contribution is -1.97. The van der Waals surface area contributed by atoms with E-state index in [-0.39, 0.29) is 0 Å². The van der Waals surface area contributed by atoms with Crippen LogP contribution in [0.25, 0.3) is 10.4 Å². The maximum absolute atomic E-state index is 6.15. The fraction of sp³-hybridized carbons (Fsp3) is 0.250. The zero-order chi connectivity index (χ0) is 12.3. The molecule has 0 radical (unpaired) electrons. The van der Waals surface area contributed by atoms with E-state index in [1.807, 2.05) is 18.3 Å². The third-order valence-corrected chi connectivity index (χ3v) is 3.76. The van der Waals surface area contributed by atoms with Gasteiger partial charge in [-0.1, -0.05) is 47.5 Å². The molecule has 0 amide bonds. The van der Waals surface area contributed by atoms with E-state index in [0.717, 1.165) is 28.5 Å². The van der Waals surface area contributed by atoms with Crippen LogP contribution >= 0.6 is 34.5 Å². The normalized spacial score (nSPS) is 10.5. The van der Waals surface area contributed by atoms with Gasteiger partial charge in [0.1, 0.15) is 0 Å². The number of hydrogen-bond donors (Lipinski definition) is 1. The lowest BCUT2D eigenvalue weighted by Gasteiger charge is -2.01. The van der Waals surface area contributed by atoms with Gasteiger partial charge in [-0.05, 0) is 18.6 Å². The van der Waals surface area contributed by atoms with Crippen LogP contribution in [0.2, 0.25) is 10.0 Å². The number of aromatic nitrogens is 1. The highest BCUT2D eigenvalue weighted by atomic mass is 35.5. The number of hydrogen-bond acceptors (Lipinski definition) is 3. The molecule has 1 aromatic carbocycles. The molecule has 1 aromatic heterocycles. The van der Waals surface area contributed by atoms with Gasteiger partial charge in [-0.3, -0.25) is 0 Å². The Balaban J connectivity index is 2.24. The summed E-state index contributed by atoms with van der Waals surface area (Å²) in [6.45, 7) is 3.05. The van der Waals surface area contributed by atoms with Crippen LogP contribution in [0.15, 0.2) is 24.4 Å². The van der Waals surface area contributed by atoms with E-state index >= 15 is 0 Å². The molecule has 0 saturated heterocycles. The van der Waals surface area contributed by atoms with E-state index in [1.54, 1.807) is 17.4 Å². The highest BCUT2D eigenvalue weighted by molar-refractivity contribution is 7.18. The quantitative estimate of drug-likeness (QED) is 0.861. The highest BCUT2D eigenvalue weighted by Gasteiger charge is 2.08. The number of anilines is 1. The van der Waals surface area contributed by atoms with Gasteiger partial charge in [0.15, 0.2) is 5.13 Å². The Bertz CT molecular complexity index is 511. The summed E-state index contributed by atoms with van der Waals surface area (Å²) in [5.41, 5.74) is 0.970. The van der Waals surface area contributed by atoms with Crippen molar-refractivity contribution in [3.05, 3.63) is 34.4 Å². The van der Waals surface area contributed by atoms with Gasteiger partial charge in [0.05, 0.1) is 9.90 Å². The monoisotopic (exact) mass is 286 g/mol. The summed E-state index contributed by atoms with van der Waals surface area (Å²) in [6.07, 6.45) is 2.91. The van der Waals surface area contributed by atoms with E-state index in [1.165, 1.54) is 0 Å². The second kappa shape index (κ2) is 5.71. The molecule has 0 saturated carbocycles. The van der Waals surface area contributed by atoms with Crippen molar-refractivity contribution in [1.82, 2.24) is 4.98 Å². The fourth-order valence-corrected chi connectivity index (χ4v) is 2.85. The molecule has 1 N–H and O–H groups in total. The van der Waals surface area contributed by atoms with Crippen molar-refractivity contribution in [2.45, 2.75) is 13.3 Å². The third kappa shape index (κ3) is 3.12. The van der Waals surface area contributed by atoms with Crippen LogP contribution in [0, 0.1) is 0 Å². The predicted molar refractivity (Wildman–Crippen MR) is 76.4 cm³/mol. The van der Waals surface area contributed by atoms with Gasteiger partial charge in [0.2, 0.25) is 0 Å². The second-order valence-corrected chi connectivity index (χ2v) is 5.45. The summed E-state index contributed by atoms with van der Waals surface area (Å²) >= 11 is 13.6. The van der Waals surface area contributed by atoms with Crippen molar-refractivity contribution >= 4 is 39.7 Å². The number of benzene rings is 1. The number of rotatable bonds is 4. The molecule has 2 aromatic rings. The van der Waals surface area contributed by atoms with Gasteiger partial charge in [-0.25, -0.2) is 4.98 Å².